The highest BCUT2D eigenvalue weighted by atomic mass is 127. The molecule has 6 nitrogen and oxygen atoms in total. The van der Waals surface area contributed by atoms with Crippen LogP contribution in [-0.2, 0) is 0 Å². The number of aromatic nitrogens is 2. The van der Waals surface area contributed by atoms with Crippen molar-refractivity contribution in [1.82, 2.24) is 10.1 Å². The molecule has 1 heterocycles. The van der Waals surface area contributed by atoms with Crippen molar-refractivity contribution in [2.75, 3.05) is 0 Å². The molecule has 0 aliphatic heterocycles. The number of aryl methyl sites for hydroxylation is 1. The van der Waals surface area contributed by atoms with E-state index in [1.165, 1.54) is 6.07 Å². The summed E-state index contributed by atoms with van der Waals surface area (Å²) in [7, 11) is 0. The minimum atomic E-state index is -0.466. The van der Waals surface area contributed by atoms with Gasteiger partial charge in [0.15, 0.2) is 0 Å². The maximum absolute atomic E-state index is 10.8. The number of nitrogens with zero attached hydrogens (tertiary/aromatic N) is 3. The number of halogens is 1. The SMILES string of the molecule is Cc1ccc([N+](=O)[O-])c(-c2nc(I)no2)c1. The Labute approximate surface area is 104 Å². The van der Waals surface area contributed by atoms with Crippen molar-refractivity contribution in [2.45, 2.75) is 6.92 Å². The highest BCUT2D eigenvalue weighted by Gasteiger charge is 2.19. The lowest BCUT2D eigenvalue weighted by Gasteiger charge is -1.98. The maximum Gasteiger partial charge on any atom is 0.282 e. The molecule has 0 amide bonds. The minimum Gasteiger partial charge on any atom is -0.333 e. The molecule has 16 heavy (non-hydrogen) atoms. The van der Waals surface area contributed by atoms with Crippen LogP contribution in [0.15, 0.2) is 22.7 Å². The summed E-state index contributed by atoms with van der Waals surface area (Å²) in [6, 6.07) is 4.76. The Hall–Kier alpha value is -1.51. The summed E-state index contributed by atoms with van der Waals surface area (Å²) >= 11 is 1.88. The van der Waals surface area contributed by atoms with Crippen molar-refractivity contribution in [1.29, 1.82) is 0 Å². The highest BCUT2D eigenvalue weighted by molar-refractivity contribution is 14.1. The molecule has 2 rings (SSSR count). The van der Waals surface area contributed by atoms with E-state index in [1.807, 2.05) is 29.5 Å². The van der Waals surface area contributed by atoms with E-state index in [0.717, 1.165) is 5.56 Å². The van der Waals surface area contributed by atoms with Crippen molar-refractivity contribution in [3.05, 3.63) is 37.7 Å². The molecule has 0 aliphatic rings. The van der Waals surface area contributed by atoms with Gasteiger partial charge >= 0.3 is 0 Å². The molecule has 0 saturated heterocycles. The zero-order valence-electron chi connectivity index (χ0n) is 8.18. The second-order valence-corrected chi connectivity index (χ2v) is 4.11. The summed E-state index contributed by atoms with van der Waals surface area (Å²) in [5, 5.41) is 14.4. The van der Waals surface area contributed by atoms with Crippen LogP contribution in [0.25, 0.3) is 11.5 Å². The first-order valence-electron chi connectivity index (χ1n) is 4.32. The molecule has 0 radical (unpaired) electrons. The summed E-state index contributed by atoms with van der Waals surface area (Å²) in [4.78, 5) is 14.3. The van der Waals surface area contributed by atoms with Crippen LogP contribution in [0.1, 0.15) is 5.56 Å². The molecule has 0 spiro atoms. The topological polar surface area (TPSA) is 82.1 Å². The van der Waals surface area contributed by atoms with Crippen molar-refractivity contribution in [2.24, 2.45) is 0 Å². The van der Waals surface area contributed by atoms with Gasteiger partial charge in [0.1, 0.15) is 5.56 Å². The van der Waals surface area contributed by atoms with E-state index < -0.39 is 4.92 Å². The normalized spacial score (nSPS) is 10.4. The third kappa shape index (κ3) is 2.03. The minimum absolute atomic E-state index is 0.0364. The maximum atomic E-state index is 10.8. The monoisotopic (exact) mass is 331 g/mol. The number of benzene rings is 1. The third-order valence-corrected chi connectivity index (χ3v) is 2.42. The first-order valence-corrected chi connectivity index (χ1v) is 5.40. The Balaban J connectivity index is 2.62. The second-order valence-electron chi connectivity index (χ2n) is 3.15. The summed E-state index contributed by atoms with van der Waals surface area (Å²) < 4.78 is 5.34. The molecular weight excluding hydrogens is 325 g/mol. The van der Waals surface area contributed by atoms with E-state index >= 15 is 0 Å². The standard InChI is InChI=1S/C9H6IN3O3/c1-5-2-3-7(13(14)15)6(4-5)8-11-9(10)12-16-8/h2-4H,1H3. The fourth-order valence-electron chi connectivity index (χ4n) is 1.30. The van der Waals surface area contributed by atoms with Gasteiger partial charge in [0.2, 0.25) is 3.83 Å². The van der Waals surface area contributed by atoms with Crippen molar-refractivity contribution < 1.29 is 9.45 Å². The van der Waals surface area contributed by atoms with E-state index in [1.54, 1.807) is 12.1 Å². The number of nitro benzene ring substituents is 1. The molecule has 0 saturated carbocycles. The Morgan fingerprint density at radius 2 is 2.25 bits per heavy atom. The van der Waals surface area contributed by atoms with Gasteiger partial charge in [-0.05, 0) is 18.6 Å². The third-order valence-electron chi connectivity index (χ3n) is 1.98. The number of rotatable bonds is 2. The van der Waals surface area contributed by atoms with Crippen molar-refractivity contribution in [3.8, 4) is 11.5 Å². The van der Waals surface area contributed by atoms with Gasteiger partial charge in [-0.3, -0.25) is 10.1 Å². The zero-order valence-corrected chi connectivity index (χ0v) is 10.3. The average molecular weight is 331 g/mol. The van der Waals surface area contributed by atoms with E-state index in [-0.39, 0.29) is 11.6 Å². The quantitative estimate of drug-likeness (QED) is 0.480. The molecule has 1 aromatic heterocycles. The van der Waals surface area contributed by atoms with Crippen molar-refractivity contribution in [3.63, 3.8) is 0 Å². The first-order chi connectivity index (χ1) is 7.58. The molecule has 1 aromatic carbocycles. The van der Waals surface area contributed by atoms with E-state index in [4.69, 9.17) is 4.52 Å². The fraction of sp³-hybridized carbons (Fsp3) is 0.111. The van der Waals surface area contributed by atoms with Gasteiger partial charge < -0.3 is 4.52 Å². The van der Waals surface area contributed by atoms with Crippen LogP contribution in [0.5, 0.6) is 0 Å². The van der Waals surface area contributed by atoms with Gasteiger partial charge in [-0.15, -0.1) is 0 Å². The zero-order chi connectivity index (χ0) is 11.7. The van der Waals surface area contributed by atoms with Crippen LogP contribution in [0.4, 0.5) is 5.69 Å². The fourth-order valence-corrected chi connectivity index (χ4v) is 1.61. The lowest BCUT2D eigenvalue weighted by atomic mass is 10.1. The summed E-state index contributed by atoms with van der Waals surface area (Å²) in [5.41, 5.74) is 1.21. The van der Waals surface area contributed by atoms with Gasteiger partial charge in [-0.25, -0.2) is 0 Å². The Morgan fingerprint density at radius 3 is 2.81 bits per heavy atom. The van der Waals surface area contributed by atoms with Crippen LogP contribution in [-0.4, -0.2) is 15.1 Å². The molecule has 82 valence electrons. The molecular formula is C9H6IN3O3. The van der Waals surface area contributed by atoms with E-state index in [0.29, 0.717) is 9.39 Å². The van der Waals surface area contributed by atoms with Crippen LogP contribution in [0, 0.1) is 20.9 Å². The summed E-state index contributed by atoms with van der Waals surface area (Å²) in [6.45, 7) is 1.84. The Bertz CT molecular complexity index is 553. The lowest BCUT2D eigenvalue weighted by Crippen LogP contribution is -1.92. The second kappa shape index (κ2) is 4.16. The number of hydrogen-bond donors (Lipinski definition) is 0. The van der Waals surface area contributed by atoms with E-state index in [9.17, 15) is 10.1 Å². The van der Waals surface area contributed by atoms with E-state index in [2.05, 4.69) is 10.1 Å². The van der Waals surface area contributed by atoms with Crippen LogP contribution in [0.3, 0.4) is 0 Å². The predicted octanol–water partition coefficient (Wildman–Crippen LogP) is 2.56. The molecule has 0 N–H and O–H groups in total. The van der Waals surface area contributed by atoms with Crippen LogP contribution >= 0.6 is 22.6 Å². The number of nitro groups is 1. The highest BCUT2D eigenvalue weighted by Crippen LogP contribution is 2.29. The molecule has 0 bridgehead atoms. The molecule has 0 atom stereocenters. The lowest BCUT2D eigenvalue weighted by molar-refractivity contribution is -0.384. The van der Waals surface area contributed by atoms with Gasteiger partial charge in [-0.2, -0.15) is 4.98 Å². The van der Waals surface area contributed by atoms with Crippen molar-refractivity contribution >= 4 is 28.3 Å². The molecule has 7 heteroatoms. The Kier molecular flexibility index (Phi) is 2.86. The molecule has 0 unspecified atom stereocenters. The van der Waals surface area contributed by atoms with Gasteiger partial charge in [0.05, 0.1) is 4.92 Å². The smallest absolute Gasteiger partial charge is 0.282 e. The van der Waals surface area contributed by atoms with Gasteiger partial charge in [-0.1, -0.05) is 11.2 Å². The van der Waals surface area contributed by atoms with Gasteiger partial charge in [0, 0.05) is 28.7 Å². The largest absolute Gasteiger partial charge is 0.333 e. The average Bonchev–Trinajstić information content (AvgIpc) is 2.64. The molecule has 2 aromatic rings. The summed E-state index contributed by atoms with van der Waals surface area (Å²) in [6.07, 6.45) is 0. The summed E-state index contributed by atoms with van der Waals surface area (Å²) in [5.74, 6) is 0.166. The predicted molar refractivity (Wildman–Crippen MR) is 63.8 cm³/mol. The molecule has 0 fully saturated rings. The number of hydrogen-bond acceptors (Lipinski definition) is 5. The van der Waals surface area contributed by atoms with Crippen LogP contribution < -0.4 is 0 Å². The first kappa shape index (κ1) is 11.0. The molecule has 0 aliphatic carbocycles. The Morgan fingerprint density at radius 1 is 1.50 bits per heavy atom. The van der Waals surface area contributed by atoms with Crippen LogP contribution in [0.2, 0.25) is 0 Å². The van der Waals surface area contributed by atoms with Gasteiger partial charge in [0.25, 0.3) is 11.6 Å².